The molecule has 1 amide bonds. The predicted octanol–water partition coefficient (Wildman–Crippen LogP) is 1.30. The van der Waals surface area contributed by atoms with E-state index in [1.807, 2.05) is 24.3 Å². The second-order valence-corrected chi connectivity index (χ2v) is 3.49. The van der Waals surface area contributed by atoms with Crippen LogP contribution in [0.4, 0.5) is 0 Å². The van der Waals surface area contributed by atoms with Crippen molar-refractivity contribution in [1.82, 2.24) is 4.90 Å². The lowest BCUT2D eigenvalue weighted by Crippen LogP contribution is -2.29. The fourth-order valence-electron chi connectivity index (χ4n) is 1.41. The molecule has 0 atom stereocenters. The van der Waals surface area contributed by atoms with Crippen molar-refractivity contribution in [2.45, 2.75) is 6.54 Å². The summed E-state index contributed by atoms with van der Waals surface area (Å²) in [5.41, 5.74) is 0.983. The van der Waals surface area contributed by atoms with Gasteiger partial charge in [-0.15, -0.1) is 0 Å². The molecule has 0 aliphatic carbocycles. The number of likely N-dealkylation sites (N-methyl/N-ethyl adjacent to an activating group) is 1. The lowest BCUT2D eigenvalue weighted by Gasteiger charge is -2.18. The number of hydrogen-bond acceptors (Lipinski definition) is 3. The minimum atomic E-state index is -0.0478. The highest BCUT2D eigenvalue weighted by Gasteiger charge is 2.10. The molecular formula is C12H17NO3. The van der Waals surface area contributed by atoms with Crippen LogP contribution in [0, 0.1) is 0 Å². The molecule has 0 fully saturated rings. The second kappa shape index (κ2) is 6.12. The Balaban J connectivity index is 2.68. The largest absolute Gasteiger partial charge is 0.496 e. The highest BCUT2D eigenvalue weighted by Crippen LogP contribution is 2.18. The lowest BCUT2D eigenvalue weighted by atomic mass is 10.2. The van der Waals surface area contributed by atoms with Gasteiger partial charge in [-0.2, -0.15) is 0 Å². The maximum atomic E-state index is 11.5. The number of ether oxygens (including phenoxy) is 2. The summed E-state index contributed by atoms with van der Waals surface area (Å²) in [5.74, 6) is 0.743. The van der Waals surface area contributed by atoms with Gasteiger partial charge in [-0.05, 0) is 6.07 Å². The SMILES string of the molecule is COCC(=O)N(C)Cc1ccccc1OC. The van der Waals surface area contributed by atoms with Crippen LogP contribution in [0.15, 0.2) is 24.3 Å². The van der Waals surface area contributed by atoms with Crippen LogP contribution >= 0.6 is 0 Å². The number of benzene rings is 1. The van der Waals surface area contributed by atoms with Crippen LogP contribution in [0.1, 0.15) is 5.56 Å². The average molecular weight is 223 g/mol. The van der Waals surface area contributed by atoms with E-state index in [2.05, 4.69) is 0 Å². The van der Waals surface area contributed by atoms with Crippen LogP contribution in [-0.2, 0) is 16.1 Å². The number of nitrogens with zero attached hydrogens (tertiary/aromatic N) is 1. The molecule has 0 heterocycles. The first-order valence-electron chi connectivity index (χ1n) is 5.03. The van der Waals surface area contributed by atoms with Crippen LogP contribution in [0.2, 0.25) is 0 Å². The molecule has 0 bridgehead atoms. The molecule has 0 spiro atoms. The van der Waals surface area contributed by atoms with Gasteiger partial charge in [0.25, 0.3) is 0 Å². The van der Waals surface area contributed by atoms with Crippen molar-refractivity contribution in [2.24, 2.45) is 0 Å². The average Bonchev–Trinajstić information content (AvgIpc) is 2.30. The number of hydrogen-bond donors (Lipinski definition) is 0. The fraction of sp³-hybridized carbons (Fsp3) is 0.417. The molecule has 4 heteroatoms. The Kier molecular flexibility index (Phi) is 4.79. The second-order valence-electron chi connectivity index (χ2n) is 3.49. The van der Waals surface area contributed by atoms with Gasteiger partial charge in [0.1, 0.15) is 12.4 Å². The number of carbonyl (C=O) groups is 1. The first-order chi connectivity index (χ1) is 7.69. The number of para-hydroxylation sites is 1. The number of amides is 1. The molecule has 1 rings (SSSR count). The van der Waals surface area contributed by atoms with Crippen LogP contribution in [0.3, 0.4) is 0 Å². The lowest BCUT2D eigenvalue weighted by molar-refractivity contribution is -0.134. The summed E-state index contributed by atoms with van der Waals surface area (Å²) in [6.45, 7) is 0.623. The van der Waals surface area contributed by atoms with Crippen LogP contribution < -0.4 is 4.74 Å². The van der Waals surface area contributed by atoms with Gasteiger partial charge in [0.2, 0.25) is 5.91 Å². The zero-order chi connectivity index (χ0) is 12.0. The van der Waals surface area contributed by atoms with Gasteiger partial charge in [0.15, 0.2) is 0 Å². The normalized spacial score (nSPS) is 9.94. The van der Waals surface area contributed by atoms with Gasteiger partial charge in [0.05, 0.1) is 7.11 Å². The highest BCUT2D eigenvalue weighted by molar-refractivity contribution is 5.77. The van der Waals surface area contributed by atoms with E-state index in [1.165, 1.54) is 7.11 Å². The Morgan fingerprint density at radius 3 is 2.62 bits per heavy atom. The molecular weight excluding hydrogens is 206 g/mol. The summed E-state index contributed by atoms with van der Waals surface area (Å²) in [6, 6.07) is 7.64. The van der Waals surface area contributed by atoms with Gasteiger partial charge in [-0.25, -0.2) is 0 Å². The van der Waals surface area contributed by atoms with Crippen LogP contribution in [0.5, 0.6) is 5.75 Å². The van der Waals surface area contributed by atoms with Crippen LogP contribution in [0.25, 0.3) is 0 Å². The van der Waals surface area contributed by atoms with E-state index in [0.717, 1.165) is 11.3 Å². The smallest absolute Gasteiger partial charge is 0.248 e. The van der Waals surface area contributed by atoms with Gasteiger partial charge in [0, 0.05) is 26.3 Å². The molecule has 1 aromatic carbocycles. The third-order valence-electron chi connectivity index (χ3n) is 2.29. The minimum absolute atomic E-state index is 0.0478. The van der Waals surface area contributed by atoms with E-state index in [9.17, 15) is 4.79 Å². The minimum Gasteiger partial charge on any atom is -0.496 e. The van der Waals surface area contributed by atoms with Crippen molar-refractivity contribution in [2.75, 3.05) is 27.9 Å². The van der Waals surface area contributed by atoms with E-state index in [4.69, 9.17) is 9.47 Å². The van der Waals surface area contributed by atoms with Crippen molar-refractivity contribution in [3.8, 4) is 5.75 Å². The molecule has 4 nitrogen and oxygen atoms in total. The Morgan fingerprint density at radius 1 is 1.31 bits per heavy atom. The molecule has 0 unspecified atom stereocenters. The molecule has 88 valence electrons. The molecule has 0 N–H and O–H groups in total. The molecule has 1 aromatic rings. The molecule has 0 aromatic heterocycles. The zero-order valence-corrected chi connectivity index (χ0v) is 9.90. The zero-order valence-electron chi connectivity index (χ0n) is 9.90. The van der Waals surface area contributed by atoms with Gasteiger partial charge in [-0.1, -0.05) is 18.2 Å². The number of carbonyl (C=O) groups excluding carboxylic acids is 1. The summed E-state index contributed by atoms with van der Waals surface area (Å²) < 4.78 is 10.0. The van der Waals surface area contributed by atoms with Crippen molar-refractivity contribution in [3.63, 3.8) is 0 Å². The van der Waals surface area contributed by atoms with E-state index >= 15 is 0 Å². The fourth-order valence-corrected chi connectivity index (χ4v) is 1.41. The Morgan fingerprint density at radius 2 is 2.00 bits per heavy atom. The first kappa shape index (κ1) is 12.5. The van der Waals surface area contributed by atoms with E-state index in [-0.39, 0.29) is 12.5 Å². The molecule has 16 heavy (non-hydrogen) atoms. The van der Waals surface area contributed by atoms with E-state index in [1.54, 1.807) is 19.1 Å². The monoisotopic (exact) mass is 223 g/mol. The Labute approximate surface area is 95.8 Å². The topological polar surface area (TPSA) is 38.8 Å². The standard InChI is InChI=1S/C12H17NO3/c1-13(12(14)9-15-2)8-10-6-4-5-7-11(10)16-3/h4-7H,8-9H2,1-3H3. The molecule has 0 radical (unpaired) electrons. The third kappa shape index (κ3) is 3.24. The first-order valence-corrected chi connectivity index (χ1v) is 5.03. The summed E-state index contributed by atoms with van der Waals surface area (Å²) in [6.07, 6.45) is 0. The number of methoxy groups -OCH3 is 2. The summed E-state index contributed by atoms with van der Waals surface area (Å²) in [5, 5.41) is 0. The van der Waals surface area contributed by atoms with Gasteiger partial charge in [-0.3, -0.25) is 4.79 Å². The van der Waals surface area contributed by atoms with E-state index < -0.39 is 0 Å². The summed E-state index contributed by atoms with van der Waals surface area (Å²) >= 11 is 0. The maximum Gasteiger partial charge on any atom is 0.248 e. The van der Waals surface area contributed by atoms with E-state index in [0.29, 0.717) is 6.54 Å². The number of rotatable bonds is 5. The van der Waals surface area contributed by atoms with Crippen LogP contribution in [-0.4, -0.2) is 38.7 Å². The van der Waals surface area contributed by atoms with Crippen molar-refractivity contribution >= 4 is 5.91 Å². The third-order valence-corrected chi connectivity index (χ3v) is 2.29. The maximum absolute atomic E-state index is 11.5. The highest BCUT2D eigenvalue weighted by atomic mass is 16.5. The molecule has 0 saturated carbocycles. The molecule has 0 aliphatic heterocycles. The Hall–Kier alpha value is -1.55. The summed E-state index contributed by atoms with van der Waals surface area (Å²) in [7, 11) is 4.87. The van der Waals surface area contributed by atoms with Crippen molar-refractivity contribution in [1.29, 1.82) is 0 Å². The quantitative estimate of drug-likeness (QED) is 0.755. The predicted molar refractivity (Wildman–Crippen MR) is 61.3 cm³/mol. The summed E-state index contributed by atoms with van der Waals surface area (Å²) in [4.78, 5) is 13.1. The van der Waals surface area contributed by atoms with Gasteiger partial charge < -0.3 is 14.4 Å². The van der Waals surface area contributed by atoms with Gasteiger partial charge >= 0.3 is 0 Å². The molecule has 0 aliphatic rings. The molecule has 0 saturated heterocycles. The Bertz CT molecular complexity index is 352. The van der Waals surface area contributed by atoms with Crippen molar-refractivity contribution in [3.05, 3.63) is 29.8 Å². The van der Waals surface area contributed by atoms with Crippen molar-refractivity contribution < 1.29 is 14.3 Å².